The summed E-state index contributed by atoms with van der Waals surface area (Å²) >= 11 is 0. The maximum Gasteiger partial charge on any atom is 0.343 e. The van der Waals surface area contributed by atoms with Crippen LogP contribution in [0, 0.1) is 22.7 Å². The van der Waals surface area contributed by atoms with Gasteiger partial charge in [-0.05, 0) is 74.8 Å². The van der Waals surface area contributed by atoms with Gasteiger partial charge < -0.3 is 25.0 Å². The molecule has 7 rings (SSSR count). The van der Waals surface area contributed by atoms with Gasteiger partial charge >= 0.3 is 5.97 Å². The van der Waals surface area contributed by atoms with Gasteiger partial charge in [0.1, 0.15) is 23.4 Å². The first-order valence-corrected chi connectivity index (χ1v) is 17.9. The summed E-state index contributed by atoms with van der Waals surface area (Å²) < 4.78 is 12.0. The van der Waals surface area contributed by atoms with Gasteiger partial charge in [-0.15, -0.1) is 0 Å². The number of allylic oxidation sites excluding steroid dienone is 4. The number of cyclic esters (lactones) is 1. The minimum Gasteiger partial charge on any atom is -0.423 e. The van der Waals surface area contributed by atoms with Crippen LogP contribution in [0.25, 0.3) is 0 Å². The van der Waals surface area contributed by atoms with Crippen molar-refractivity contribution in [3.63, 3.8) is 0 Å². The lowest BCUT2D eigenvalue weighted by atomic mass is 9.44. The van der Waals surface area contributed by atoms with Crippen molar-refractivity contribution in [2.75, 3.05) is 26.8 Å². The zero-order chi connectivity index (χ0) is 35.6. The van der Waals surface area contributed by atoms with Crippen LogP contribution < -0.4 is 5.32 Å². The molecule has 268 valence electrons. The molecule has 0 bridgehead atoms. The lowest BCUT2D eigenvalue weighted by Gasteiger charge is -2.62. The predicted molar refractivity (Wildman–Crippen MR) is 187 cm³/mol. The van der Waals surface area contributed by atoms with Gasteiger partial charge in [-0.3, -0.25) is 24.4 Å². The highest BCUT2D eigenvalue weighted by molar-refractivity contribution is 6.07. The zero-order valence-electron chi connectivity index (χ0n) is 29.5. The van der Waals surface area contributed by atoms with E-state index in [1.54, 1.807) is 29.3 Å². The van der Waals surface area contributed by atoms with Gasteiger partial charge in [-0.1, -0.05) is 39.0 Å². The van der Waals surface area contributed by atoms with Crippen LogP contribution in [0.1, 0.15) is 59.8 Å². The highest BCUT2D eigenvalue weighted by atomic mass is 16.6. The lowest BCUT2D eigenvalue weighted by molar-refractivity contribution is -0.174. The van der Waals surface area contributed by atoms with Crippen LogP contribution in [0.2, 0.25) is 0 Å². The van der Waals surface area contributed by atoms with E-state index in [2.05, 4.69) is 27.1 Å². The fourth-order valence-electron chi connectivity index (χ4n) is 9.60. The van der Waals surface area contributed by atoms with Crippen LogP contribution in [-0.4, -0.2) is 113 Å². The molecule has 0 aromatic carbocycles. The minimum atomic E-state index is -0.763. The van der Waals surface area contributed by atoms with Crippen molar-refractivity contribution in [3.05, 3.63) is 59.6 Å². The van der Waals surface area contributed by atoms with Crippen LogP contribution in [0.15, 0.2) is 69.5 Å². The summed E-state index contributed by atoms with van der Waals surface area (Å²) in [5.41, 5.74) is -0.610. The standard InChI is InChI=1S/C38H49N5O7/c1-6-26-34(47)43-19-23(7-10-33(43)42(26)5)15-25-16-24(35(48)50-25)8-9-28-36(3)12-11-31(46)37(4,20-44)29(36)18-30(38(28)21-49-38)41-22(2)27(45)17-32-39-13-14-40-32/h7-10,13,15-16,19,22,26,28-31,33,41,44,46H,6,11-12,14,17-18,20-21H2,1-5H3/b9-8+,25-15+/t22?,26?,28?,29?,30?,31-,33?,36-,37+,38?/m1/s1. The molecule has 3 N–H and O–H groups in total. The monoisotopic (exact) mass is 687 g/mol. The third kappa shape index (κ3) is 5.69. The fourth-order valence-corrected chi connectivity index (χ4v) is 9.60. The van der Waals surface area contributed by atoms with Gasteiger partial charge in [0.05, 0.1) is 49.9 Å². The second-order valence-corrected chi connectivity index (χ2v) is 15.5. The molecule has 7 unspecified atom stereocenters. The fraction of sp³-hybridized carbons (Fsp3) is 0.605. The van der Waals surface area contributed by atoms with E-state index >= 15 is 0 Å². The number of nitrogens with one attached hydrogen (secondary N) is 1. The Bertz CT molecular complexity index is 1670. The number of nitrogens with zero attached hydrogens (tertiary/aromatic N) is 4. The highest BCUT2D eigenvalue weighted by Crippen LogP contribution is 2.65. The van der Waals surface area contributed by atoms with Crippen molar-refractivity contribution in [1.29, 1.82) is 0 Å². The second-order valence-electron chi connectivity index (χ2n) is 15.5. The molecule has 2 saturated heterocycles. The third-order valence-electron chi connectivity index (χ3n) is 12.7. The predicted octanol–water partition coefficient (Wildman–Crippen LogP) is 2.60. The van der Waals surface area contributed by atoms with E-state index in [4.69, 9.17) is 9.47 Å². The van der Waals surface area contributed by atoms with E-state index in [9.17, 15) is 24.6 Å². The molecule has 2 saturated carbocycles. The van der Waals surface area contributed by atoms with E-state index in [-0.39, 0.29) is 60.2 Å². The largest absolute Gasteiger partial charge is 0.423 e. The number of hydrogen-bond acceptors (Lipinski definition) is 11. The third-order valence-corrected chi connectivity index (χ3v) is 12.7. The highest BCUT2D eigenvalue weighted by Gasteiger charge is 2.70. The number of carbonyl (C=O) groups is 3. The summed E-state index contributed by atoms with van der Waals surface area (Å²) in [4.78, 5) is 51.6. The van der Waals surface area contributed by atoms with Crippen LogP contribution >= 0.6 is 0 Å². The zero-order valence-corrected chi connectivity index (χ0v) is 29.5. The second kappa shape index (κ2) is 12.9. The van der Waals surface area contributed by atoms with Crippen molar-refractivity contribution < 1.29 is 34.1 Å². The van der Waals surface area contributed by atoms with E-state index < -0.39 is 29.1 Å². The molecule has 50 heavy (non-hydrogen) atoms. The average Bonchev–Trinajstić information content (AvgIpc) is 3.42. The number of likely N-dealkylation sites (N-methyl/N-ethyl adjacent to an activating group) is 1. The summed E-state index contributed by atoms with van der Waals surface area (Å²) in [6.45, 7) is 8.81. The number of aliphatic hydroxyl groups is 2. The maximum atomic E-state index is 13.2. The SMILES string of the molecule is CCC1C(=O)N2C=C(/C=C3C=C(/C=C/C4C5(CO5)C(NC(C)C(=O)CC5=NCC=N5)CC5[C@]4(C)CC[C@@H](O)[C@@]5(C)CO)C(=O)O\3)C=CC2N1C. The first kappa shape index (κ1) is 34.9. The summed E-state index contributed by atoms with van der Waals surface area (Å²) in [6, 6.07) is -0.908. The van der Waals surface area contributed by atoms with E-state index in [0.717, 1.165) is 12.0 Å². The van der Waals surface area contributed by atoms with Gasteiger partial charge in [0.15, 0.2) is 5.78 Å². The molecule has 5 heterocycles. The van der Waals surface area contributed by atoms with Gasteiger partial charge in [-0.2, -0.15) is 0 Å². The topological polar surface area (TPSA) is 157 Å². The number of amides is 1. The first-order valence-electron chi connectivity index (χ1n) is 17.9. The van der Waals surface area contributed by atoms with Gasteiger partial charge in [0.25, 0.3) is 0 Å². The number of carbonyl (C=O) groups excluding carboxylic acids is 3. The lowest BCUT2D eigenvalue weighted by Crippen LogP contribution is -2.67. The van der Waals surface area contributed by atoms with E-state index in [0.29, 0.717) is 49.6 Å². The van der Waals surface area contributed by atoms with Crippen molar-refractivity contribution in [3.8, 4) is 0 Å². The number of amidine groups is 1. The molecule has 10 atom stereocenters. The van der Waals surface area contributed by atoms with Crippen molar-refractivity contribution in [2.24, 2.45) is 32.7 Å². The molecule has 5 aliphatic heterocycles. The van der Waals surface area contributed by atoms with Crippen molar-refractivity contribution in [1.82, 2.24) is 15.1 Å². The average molecular weight is 688 g/mol. The number of esters is 1. The molecule has 0 radical (unpaired) electrons. The Labute approximate surface area is 293 Å². The van der Waals surface area contributed by atoms with Gasteiger partial charge in [0.2, 0.25) is 5.91 Å². The smallest absolute Gasteiger partial charge is 0.343 e. The number of aliphatic imine (C=N–C) groups is 2. The number of ether oxygens (including phenoxy) is 2. The maximum absolute atomic E-state index is 13.2. The molecule has 0 aromatic rings. The van der Waals surface area contributed by atoms with Crippen LogP contribution in [0.4, 0.5) is 0 Å². The Morgan fingerprint density at radius 3 is 2.74 bits per heavy atom. The van der Waals surface area contributed by atoms with Crippen LogP contribution in [0.5, 0.6) is 0 Å². The van der Waals surface area contributed by atoms with Crippen LogP contribution in [0.3, 0.4) is 0 Å². The molecule has 1 amide bonds. The number of rotatable bonds is 10. The molecule has 4 fully saturated rings. The van der Waals surface area contributed by atoms with Crippen molar-refractivity contribution in [2.45, 2.75) is 95.8 Å². The summed E-state index contributed by atoms with van der Waals surface area (Å²) in [6.07, 6.45) is 16.7. The first-order chi connectivity index (χ1) is 23.8. The molecular weight excluding hydrogens is 638 g/mol. The van der Waals surface area contributed by atoms with Crippen LogP contribution in [-0.2, 0) is 23.9 Å². The number of hydrogen-bond donors (Lipinski definition) is 3. The Morgan fingerprint density at radius 1 is 1.28 bits per heavy atom. The van der Waals surface area contributed by atoms with Gasteiger partial charge in [0, 0.05) is 29.8 Å². The number of Topliss-reactive ketones (excluding diaryl/α,β-unsaturated/α-hetero) is 1. The summed E-state index contributed by atoms with van der Waals surface area (Å²) in [5, 5.41) is 25.5. The van der Waals surface area contributed by atoms with E-state index in [1.165, 1.54) is 0 Å². The van der Waals surface area contributed by atoms with Crippen molar-refractivity contribution >= 4 is 29.7 Å². The Hall–Kier alpha value is -3.55. The summed E-state index contributed by atoms with van der Waals surface area (Å²) in [7, 11) is 1.95. The molecule has 2 aliphatic carbocycles. The molecule has 12 heteroatoms. The Morgan fingerprint density at radius 2 is 2.06 bits per heavy atom. The number of fused-ring (bicyclic) bond motifs is 2. The molecule has 12 nitrogen and oxygen atoms in total. The number of ketones is 1. The molecule has 0 aromatic heterocycles. The minimum absolute atomic E-state index is 0.0180. The van der Waals surface area contributed by atoms with E-state index in [1.807, 2.05) is 52.2 Å². The quantitative estimate of drug-likeness (QED) is 0.232. The number of aliphatic hydroxyl groups excluding tert-OH is 2. The molecular formula is C38H49N5O7. The number of epoxide rings is 1. The summed E-state index contributed by atoms with van der Waals surface area (Å²) in [5.74, 6) is 0.188. The van der Waals surface area contributed by atoms with Gasteiger partial charge in [-0.25, -0.2) is 9.79 Å². The Balaban J connectivity index is 1.16. The Kier molecular flexibility index (Phi) is 9.00. The molecule has 1 spiro atoms. The molecule has 7 aliphatic rings. The normalized spacial score (nSPS) is 40.7.